The minimum absolute atomic E-state index is 0.00822. The van der Waals surface area contributed by atoms with Crippen LogP contribution in [0.4, 0.5) is 5.69 Å². The lowest BCUT2D eigenvalue weighted by molar-refractivity contribution is 0.290. The van der Waals surface area contributed by atoms with Crippen LogP contribution in [0.25, 0.3) is 0 Å². The molecule has 1 aromatic rings. The molecule has 6 heteroatoms. The third kappa shape index (κ3) is 2.80. The fourth-order valence-electron chi connectivity index (χ4n) is 3.28. The molecule has 0 radical (unpaired) electrons. The van der Waals surface area contributed by atoms with Crippen LogP contribution < -0.4 is 5.32 Å². The SMILES string of the molecule is CC1CN(C)CCCN1S(=O)(=O)c1ccc2c(c1)CCN2. The summed E-state index contributed by atoms with van der Waals surface area (Å²) in [5.41, 5.74) is 2.17. The Morgan fingerprint density at radius 3 is 2.90 bits per heavy atom. The first-order valence-corrected chi connectivity index (χ1v) is 8.99. The van der Waals surface area contributed by atoms with Crippen LogP contribution in [-0.2, 0) is 16.4 Å². The Hall–Kier alpha value is -1.11. The van der Waals surface area contributed by atoms with Gasteiger partial charge in [0.1, 0.15) is 0 Å². The zero-order chi connectivity index (χ0) is 15.0. The Bertz CT molecular complexity index is 630. The van der Waals surface area contributed by atoms with Gasteiger partial charge >= 0.3 is 0 Å². The number of likely N-dealkylation sites (N-methyl/N-ethyl adjacent to an activating group) is 1. The van der Waals surface area contributed by atoms with E-state index in [2.05, 4.69) is 10.2 Å². The highest BCUT2D eigenvalue weighted by Gasteiger charge is 2.31. The summed E-state index contributed by atoms with van der Waals surface area (Å²) in [6.07, 6.45) is 1.78. The summed E-state index contributed by atoms with van der Waals surface area (Å²) in [5, 5.41) is 3.27. The molecule has 5 nitrogen and oxygen atoms in total. The van der Waals surface area contributed by atoms with Crippen molar-refractivity contribution in [1.29, 1.82) is 0 Å². The summed E-state index contributed by atoms with van der Waals surface area (Å²) in [4.78, 5) is 2.63. The maximum atomic E-state index is 12.9. The Labute approximate surface area is 127 Å². The van der Waals surface area contributed by atoms with E-state index in [4.69, 9.17) is 0 Å². The van der Waals surface area contributed by atoms with Crippen LogP contribution in [0.15, 0.2) is 23.1 Å². The van der Waals surface area contributed by atoms with Crippen LogP contribution in [0, 0.1) is 0 Å². The predicted molar refractivity (Wildman–Crippen MR) is 84.1 cm³/mol. The summed E-state index contributed by atoms with van der Waals surface area (Å²) in [6, 6.07) is 5.47. The Morgan fingerprint density at radius 2 is 2.10 bits per heavy atom. The summed E-state index contributed by atoms with van der Waals surface area (Å²) in [7, 11) is -1.35. The lowest BCUT2D eigenvalue weighted by atomic mass is 10.2. The molecule has 3 rings (SSSR count). The van der Waals surface area contributed by atoms with Crippen LogP contribution >= 0.6 is 0 Å². The largest absolute Gasteiger partial charge is 0.384 e. The van der Waals surface area contributed by atoms with Crippen molar-refractivity contribution in [3.05, 3.63) is 23.8 Å². The lowest BCUT2D eigenvalue weighted by Crippen LogP contribution is -2.41. The number of hydrogen-bond acceptors (Lipinski definition) is 4. The number of anilines is 1. The highest BCUT2D eigenvalue weighted by atomic mass is 32.2. The van der Waals surface area contributed by atoms with E-state index in [1.807, 2.05) is 26.1 Å². The molecule has 116 valence electrons. The van der Waals surface area contributed by atoms with E-state index < -0.39 is 10.0 Å². The van der Waals surface area contributed by atoms with E-state index >= 15 is 0 Å². The topological polar surface area (TPSA) is 52.7 Å². The summed E-state index contributed by atoms with van der Waals surface area (Å²) < 4.78 is 27.6. The molecule has 0 bridgehead atoms. The molecule has 1 fully saturated rings. The van der Waals surface area contributed by atoms with Gasteiger partial charge in [0.15, 0.2) is 0 Å². The van der Waals surface area contributed by atoms with Gasteiger partial charge in [0, 0.05) is 31.4 Å². The third-order valence-corrected chi connectivity index (χ3v) is 6.39. The molecule has 2 heterocycles. The second-order valence-electron chi connectivity index (χ2n) is 6.08. The van der Waals surface area contributed by atoms with Crippen molar-refractivity contribution in [3.8, 4) is 0 Å². The number of rotatable bonds is 2. The van der Waals surface area contributed by atoms with Gasteiger partial charge in [0.25, 0.3) is 0 Å². The maximum absolute atomic E-state index is 12.9. The van der Waals surface area contributed by atoms with Gasteiger partial charge in [-0.3, -0.25) is 0 Å². The first kappa shape index (κ1) is 14.8. The van der Waals surface area contributed by atoms with Gasteiger partial charge < -0.3 is 10.2 Å². The summed E-state index contributed by atoms with van der Waals surface area (Å²) in [6.45, 7) is 5.22. The van der Waals surface area contributed by atoms with Crippen molar-refractivity contribution >= 4 is 15.7 Å². The second-order valence-corrected chi connectivity index (χ2v) is 7.97. The van der Waals surface area contributed by atoms with Gasteiger partial charge in [-0.2, -0.15) is 4.31 Å². The first-order valence-electron chi connectivity index (χ1n) is 7.55. The lowest BCUT2D eigenvalue weighted by Gasteiger charge is -2.27. The predicted octanol–water partition coefficient (Wildman–Crippen LogP) is 1.37. The number of sulfonamides is 1. The maximum Gasteiger partial charge on any atom is 0.243 e. The molecule has 1 atom stereocenters. The quantitative estimate of drug-likeness (QED) is 0.896. The second kappa shape index (κ2) is 5.59. The van der Waals surface area contributed by atoms with Gasteiger partial charge in [-0.25, -0.2) is 8.42 Å². The van der Waals surface area contributed by atoms with Crippen LogP contribution in [0.3, 0.4) is 0 Å². The molecule has 0 aliphatic carbocycles. The van der Waals surface area contributed by atoms with E-state index in [1.165, 1.54) is 0 Å². The van der Waals surface area contributed by atoms with Gasteiger partial charge in [-0.15, -0.1) is 0 Å². The zero-order valence-electron chi connectivity index (χ0n) is 12.7. The average Bonchev–Trinajstić information content (AvgIpc) is 2.83. The Kier molecular flexibility index (Phi) is 3.94. The third-order valence-electron chi connectivity index (χ3n) is 4.38. The van der Waals surface area contributed by atoms with Crippen molar-refractivity contribution in [1.82, 2.24) is 9.21 Å². The molecule has 1 aromatic carbocycles. The van der Waals surface area contributed by atoms with Crippen LogP contribution in [-0.4, -0.2) is 56.9 Å². The van der Waals surface area contributed by atoms with E-state index in [-0.39, 0.29) is 6.04 Å². The molecule has 1 saturated heterocycles. The van der Waals surface area contributed by atoms with Crippen LogP contribution in [0.2, 0.25) is 0 Å². The monoisotopic (exact) mass is 309 g/mol. The van der Waals surface area contributed by atoms with Gasteiger partial charge in [-0.1, -0.05) is 0 Å². The highest BCUT2D eigenvalue weighted by molar-refractivity contribution is 7.89. The average molecular weight is 309 g/mol. The summed E-state index contributed by atoms with van der Waals surface area (Å²) in [5.74, 6) is 0. The molecule has 0 aromatic heterocycles. The fourth-order valence-corrected chi connectivity index (χ4v) is 5.00. The molecule has 0 spiro atoms. The van der Waals surface area contributed by atoms with Crippen LogP contribution in [0.5, 0.6) is 0 Å². The minimum atomic E-state index is -3.40. The molecule has 1 unspecified atom stereocenters. The normalized spacial score (nSPS) is 24.4. The number of nitrogens with one attached hydrogen (secondary N) is 1. The van der Waals surface area contributed by atoms with E-state index in [9.17, 15) is 8.42 Å². The van der Waals surface area contributed by atoms with Crippen molar-refractivity contribution in [2.45, 2.75) is 30.7 Å². The minimum Gasteiger partial charge on any atom is -0.384 e. The summed E-state index contributed by atoms with van der Waals surface area (Å²) >= 11 is 0. The molecule has 2 aliphatic heterocycles. The molecule has 2 aliphatic rings. The molecular formula is C15H23N3O2S. The van der Waals surface area contributed by atoms with Crippen LogP contribution in [0.1, 0.15) is 18.9 Å². The number of hydrogen-bond donors (Lipinski definition) is 1. The number of fused-ring (bicyclic) bond motifs is 1. The van der Waals surface area contributed by atoms with Gasteiger partial charge in [0.2, 0.25) is 10.0 Å². The fraction of sp³-hybridized carbons (Fsp3) is 0.600. The number of nitrogens with zero attached hydrogens (tertiary/aromatic N) is 2. The molecule has 0 amide bonds. The highest BCUT2D eigenvalue weighted by Crippen LogP contribution is 2.28. The Balaban J connectivity index is 1.92. The van der Waals surface area contributed by atoms with E-state index in [0.717, 1.165) is 43.7 Å². The van der Waals surface area contributed by atoms with Gasteiger partial charge in [-0.05, 0) is 57.1 Å². The molecule has 21 heavy (non-hydrogen) atoms. The van der Waals surface area contributed by atoms with E-state index in [0.29, 0.717) is 11.4 Å². The Morgan fingerprint density at radius 1 is 1.29 bits per heavy atom. The van der Waals surface area contributed by atoms with Crippen molar-refractivity contribution in [3.63, 3.8) is 0 Å². The van der Waals surface area contributed by atoms with E-state index in [1.54, 1.807) is 10.4 Å². The zero-order valence-corrected chi connectivity index (χ0v) is 13.5. The molecule has 0 saturated carbocycles. The number of benzene rings is 1. The van der Waals surface area contributed by atoms with Crippen molar-refractivity contribution in [2.75, 3.05) is 38.5 Å². The van der Waals surface area contributed by atoms with Crippen molar-refractivity contribution in [2.24, 2.45) is 0 Å². The first-order chi connectivity index (χ1) is 9.98. The van der Waals surface area contributed by atoms with Gasteiger partial charge in [0.05, 0.1) is 4.90 Å². The van der Waals surface area contributed by atoms with Crippen molar-refractivity contribution < 1.29 is 8.42 Å². The molecule has 1 N–H and O–H groups in total. The molecular weight excluding hydrogens is 286 g/mol. The smallest absolute Gasteiger partial charge is 0.243 e. The standard InChI is InChI=1S/C15H23N3O2S/c1-12-11-17(2)8-3-9-18(12)21(19,20)14-4-5-15-13(10-14)6-7-16-15/h4-5,10,12,16H,3,6-9,11H2,1-2H3.